The van der Waals surface area contributed by atoms with E-state index in [2.05, 4.69) is 66.3 Å². The molecule has 4 heterocycles. The summed E-state index contributed by atoms with van der Waals surface area (Å²) in [6.45, 7) is 5.40. The highest BCUT2D eigenvalue weighted by Crippen LogP contribution is 2.39. The highest BCUT2D eigenvalue weighted by atomic mass is 35.5. The average molecular weight is 423 g/mol. The van der Waals surface area contributed by atoms with Crippen LogP contribution in [-0.4, -0.2) is 46.1 Å². The van der Waals surface area contributed by atoms with Gasteiger partial charge in [0.2, 0.25) is 11.2 Å². The van der Waals surface area contributed by atoms with E-state index in [4.69, 9.17) is 11.6 Å². The first kappa shape index (κ1) is 18.3. The van der Waals surface area contributed by atoms with Gasteiger partial charge in [-0.15, -0.1) is 11.3 Å². The Kier molecular flexibility index (Phi) is 4.77. The number of hydrogen-bond donors (Lipinski definition) is 0. The summed E-state index contributed by atoms with van der Waals surface area (Å²) in [7, 11) is 0. The highest BCUT2D eigenvalue weighted by Gasteiger charge is 2.24. The quantitative estimate of drug-likeness (QED) is 0.455. The summed E-state index contributed by atoms with van der Waals surface area (Å²) >= 11 is 7.88. The molecule has 0 saturated carbocycles. The maximum absolute atomic E-state index is 6.27. The lowest BCUT2D eigenvalue weighted by atomic mass is 10.0. The number of aryl methyl sites for hydroxylation is 1. The molecule has 1 aliphatic rings. The lowest BCUT2D eigenvalue weighted by Crippen LogP contribution is -2.47. The van der Waals surface area contributed by atoms with Gasteiger partial charge in [-0.25, -0.2) is 15.0 Å². The Bertz CT molecular complexity index is 1140. The summed E-state index contributed by atoms with van der Waals surface area (Å²) in [6.07, 6.45) is 3.56. The van der Waals surface area contributed by atoms with Gasteiger partial charge in [0.1, 0.15) is 10.6 Å². The van der Waals surface area contributed by atoms with Crippen LogP contribution in [-0.2, 0) is 0 Å². The lowest BCUT2D eigenvalue weighted by Gasteiger charge is -2.35. The summed E-state index contributed by atoms with van der Waals surface area (Å²) in [5.74, 6) is 1.68. The largest absolute Gasteiger partial charge is 0.352 e. The number of aromatic nitrogens is 4. The van der Waals surface area contributed by atoms with Crippen LogP contribution in [0.1, 0.15) is 5.56 Å². The van der Waals surface area contributed by atoms with Crippen molar-refractivity contribution in [2.45, 2.75) is 6.92 Å². The van der Waals surface area contributed by atoms with Crippen molar-refractivity contribution in [3.8, 4) is 11.1 Å². The molecular weight excluding hydrogens is 404 g/mol. The number of piperazine rings is 1. The van der Waals surface area contributed by atoms with Gasteiger partial charge in [-0.3, -0.25) is 0 Å². The van der Waals surface area contributed by atoms with Gasteiger partial charge in [0.05, 0.1) is 5.39 Å². The molecule has 1 aromatic carbocycles. The zero-order valence-electron chi connectivity index (χ0n) is 15.9. The minimum atomic E-state index is 0.290. The van der Waals surface area contributed by atoms with Crippen molar-refractivity contribution in [2.24, 2.45) is 0 Å². The number of anilines is 2. The third kappa shape index (κ3) is 3.52. The molecule has 8 heteroatoms. The average Bonchev–Trinajstić information content (AvgIpc) is 3.18. The van der Waals surface area contributed by atoms with E-state index in [1.165, 1.54) is 11.1 Å². The molecular formula is C21H19ClN6S. The Balaban J connectivity index is 1.50. The number of hydrogen-bond acceptors (Lipinski definition) is 7. The van der Waals surface area contributed by atoms with Crippen LogP contribution >= 0.6 is 22.9 Å². The monoisotopic (exact) mass is 422 g/mol. The molecule has 0 N–H and O–H groups in total. The van der Waals surface area contributed by atoms with E-state index in [0.717, 1.165) is 53.7 Å². The maximum atomic E-state index is 6.27. The van der Waals surface area contributed by atoms with Crippen LogP contribution in [0.2, 0.25) is 5.28 Å². The van der Waals surface area contributed by atoms with E-state index < -0.39 is 0 Å². The van der Waals surface area contributed by atoms with Crippen molar-refractivity contribution in [2.75, 3.05) is 36.0 Å². The fourth-order valence-electron chi connectivity index (χ4n) is 3.65. The van der Waals surface area contributed by atoms with E-state index >= 15 is 0 Å². The van der Waals surface area contributed by atoms with Gasteiger partial charge in [0, 0.05) is 49.5 Å². The van der Waals surface area contributed by atoms with E-state index in [1.54, 1.807) is 23.7 Å². The van der Waals surface area contributed by atoms with Gasteiger partial charge >= 0.3 is 0 Å². The fourth-order valence-corrected chi connectivity index (χ4v) is 4.80. The Labute approximate surface area is 177 Å². The van der Waals surface area contributed by atoms with Crippen molar-refractivity contribution in [1.82, 2.24) is 19.9 Å². The molecule has 0 unspecified atom stereocenters. The molecule has 6 nitrogen and oxygen atoms in total. The molecule has 4 aromatic rings. The normalized spacial score (nSPS) is 14.6. The van der Waals surface area contributed by atoms with Crippen LogP contribution in [0, 0.1) is 6.92 Å². The predicted octanol–water partition coefficient (Wildman–Crippen LogP) is 4.44. The lowest BCUT2D eigenvalue weighted by molar-refractivity contribution is 0.636. The summed E-state index contributed by atoms with van der Waals surface area (Å²) in [5, 5.41) is 3.52. The van der Waals surface area contributed by atoms with Crippen LogP contribution in [0.15, 0.2) is 48.1 Å². The number of benzene rings is 1. The van der Waals surface area contributed by atoms with Crippen LogP contribution in [0.3, 0.4) is 0 Å². The SMILES string of the molecule is Cc1ccc(-c2csc3nc(Cl)nc(N4CCN(c5ncccn5)CC4)c23)cc1. The van der Waals surface area contributed by atoms with E-state index in [-0.39, 0.29) is 0 Å². The highest BCUT2D eigenvalue weighted by molar-refractivity contribution is 7.17. The van der Waals surface area contributed by atoms with Gasteiger partial charge in [-0.05, 0) is 30.2 Å². The summed E-state index contributed by atoms with van der Waals surface area (Å²) < 4.78 is 0. The molecule has 0 radical (unpaired) electrons. The van der Waals surface area contributed by atoms with Gasteiger partial charge < -0.3 is 9.80 Å². The molecule has 0 atom stereocenters. The molecule has 1 saturated heterocycles. The van der Waals surface area contributed by atoms with Crippen molar-refractivity contribution >= 4 is 44.9 Å². The first-order valence-electron chi connectivity index (χ1n) is 9.48. The first-order valence-corrected chi connectivity index (χ1v) is 10.7. The molecule has 5 rings (SSSR count). The molecule has 1 fully saturated rings. The Morgan fingerprint density at radius 1 is 0.931 bits per heavy atom. The maximum Gasteiger partial charge on any atom is 0.225 e. The van der Waals surface area contributed by atoms with Crippen molar-refractivity contribution in [3.05, 3.63) is 59.0 Å². The second kappa shape index (κ2) is 7.57. The molecule has 3 aromatic heterocycles. The van der Waals surface area contributed by atoms with Gasteiger partial charge in [0.25, 0.3) is 0 Å². The third-order valence-corrected chi connectivity index (χ3v) is 6.21. The predicted molar refractivity (Wildman–Crippen MR) is 119 cm³/mol. The van der Waals surface area contributed by atoms with Crippen LogP contribution in [0.25, 0.3) is 21.3 Å². The Morgan fingerprint density at radius 2 is 1.62 bits per heavy atom. The molecule has 0 aliphatic carbocycles. The fraction of sp³-hybridized carbons (Fsp3) is 0.238. The van der Waals surface area contributed by atoms with Crippen LogP contribution in [0.5, 0.6) is 0 Å². The number of halogens is 1. The number of nitrogens with zero attached hydrogens (tertiary/aromatic N) is 6. The molecule has 0 amide bonds. The summed E-state index contributed by atoms with van der Waals surface area (Å²) in [4.78, 5) is 23.3. The van der Waals surface area contributed by atoms with Crippen molar-refractivity contribution in [3.63, 3.8) is 0 Å². The number of rotatable bonds is 3. The zero-order chi connectivity index (χ0) is 19.8. The zero-order valence-corrected chi connectivity index (χ0v) is 17.5. The van der Waals surface area contributed by atoms with Crippen LogP contribution in [0.4, 0.5) is 11.8 Å². The minimum absolute atomic E-state index is 0.290. The Hall–Kier alpha value is -2.77. The summed E-state index contributed by atoms with van der Waals surface area (Å²) in [5.41, 5.74) is 3.57. The minimum Gasteiger partial charge on any atom is -0.352 e. The standard InChI is InChI=1S/C21H19ClN6S/c1-14-3-5-15(6-4-14)16-13-29-19-17(16)18(25-20(22)26-19)27-9-11-28(12-10-27)21-23-7-2-8-24-21/h2-8,13H,9-12H2,1H3. The topological polar surface area (TPSA) is 58.0 Å². The second-order valence-corrected chi connectivity index (χ2v) is 8.23. The smallest absolute Gasteiger partial charge is 0.225 e. The van der Waals surface area contributed by atoms with E-state index in [0.29, 0.717) is 5.28 Å². The molecule has 29 heavy (non-hydrogen) atoms. The van der Waals surface area contributed by atoms with Gasteiger partial charge in [-0.2, -0.15) is 4.98 Å². The van der Waals surface area contributed by atoms with E-state index in [1.807, 2.05) is 6.07 Å². The molecule has 146 valence electrons. The molecule has 0 spiro atoms. The number of fused-ring (bicyclic) bond motifs is 1. The summed E-state index contributed by atoms with van der Waals surface area (Å²) in [6, 6.07) is 10.4. The molecule has 1 aliphatic heterocycles. The first-order chi connectivity index (χ1) is 14.2. The Morgan fingerprint density at radius 3 is 2.34 bits per heavy atom. The number of thiophene rings is 1. The molecule has 0 bridgehead atoms. The van der Waals surface area contributed by atoms with Gasteiger partial charge in [0.15, 0.2) is 0 Å². The van der Waals surface area contributed by atoms with Crippen LogP contribution < -0.4 is 9.80 Å². The van der Waals surface area contributed by atoms with E-state index in [9.17, 15) is 0 Å². The third-order valence-electron chi connectivity index (χ3n) is 5.16. The van der Waals surface area contributed by atoms with Gasteiger partial charge in [-0.1, -0.05) is 29.8 Å². The van der Waals surface area contributed by atoms with Crippen molar-refractivity contribution < 1.29 is 0 Å². The van der Waals surface area contributed by atoms with Crippen molar-refractivity contribution in [1.29, 1.82) is 0 Å². The second-order valence-electron chi connectivity index (χ2n) is 7.03.